The molecule has 7 heteroatoms. The van der Waals surface area contributed by atoms with E-state index in [-0.39, 0.29) is 27.1 Å². The number of rotatable bonds is 3. The molecule has 5 nitrogen and oxygen atoms in total. The smallest absolute Gasteiger partial charge is 0.230 e. The van der Waals surface area contributed by atoms with Gasteiger partial charge in [-0.05, 0) is 37.1 Å². The van der Waals surface area contributed by atoms with Gasteiger partial charge in [-0.25, -0.2) is 0 Å². The Hall–Kier alpha value is -1.95. The molecule has 0 spiro atoms. The molecular weight excluding hydrogens is 387 g/mol. The van der Waals surface area contributed by atoms with E-state index >= 15 is 0 Å². The molecule has 1 aliphatic rings. The first-order valence-corrected chi connectivity index (χ1v) is 9.56. The van der Waals surface area contributed by atoms with Crippen molar-refractivity contribution in [3.05, 3.63) is 52.5 Å². The Labute approximate surface area is 169 Å². The van der Waals surface area contributed by atoms with Gasteiger partial charge in [-0.3, -0.25) is 15.5 Å². The molecule has 146 valence electrons. The summed E-state index contributed by atoms with van der Waals surface area (Å²) in [5.74, 6) is -0.121. The highest BCUT2D eigenvalue weighted by molar-refractivity contribution is 6.44. The molecule has 0 unspecified atom stereocenters. The molecule has 27 heavy (non-hydrogen) atoms. The van der Waals surface area contributed by atoms with Crippen LogP contribution in [0.15, 0.2) is 42.5 Å². The summed E-state index contributed by atoms with van der Waals surface area (Å²) in [6.45, 7) is 1.98. The summed E-state index contributed by atoms with van der Waals surface area (Å²) >= 11 is 11.9. The van der Waals surface area contributed by atoms with Gasteiger partial charge < -0.3 is 10.4 Å². The molecule has 0 heterocycles. The van der Waals surface area contributed by atoms with Crippen molar-refractivity contribution < 1.29 is 15.1 Å². The van der Waals surface area contributed by atoms with Gasteiger partial charge in [0.15, 0.2) is 0 Å². The van der Waals surface area contributed by atoms with Gasteiger partial charge in [-0.15, -0.1) is 0 Å². The molecular formula is C20H24Cl2N2O3. The standard InChI is InChI=1S/C14H17Cl2NO2.C6H7NO/c1-14(7-3-2-4-8-14)13(19)17-9-5-6-10(18)12(16)11(9)15;8-7-6-4-2-1-3-5-6/h5-6,18H,2-4,7-8H2,1H3,(H,17,19);1-5,7-8H. The third kappa shape index (κ3) is 5.76. The van der Waals surface area contributed by atoms with Crippen molar-refractivity contribution in [2.75, 3.05) is 10.8 Å². The number of carbonyl (C=O) groups is 1. The van der Waals surface area contributed by atoms with Crippen LogP contribution in [-0.2, 0) is 4.79 Å². The van der Waals surface area contributed by atoms with Crippen molar-refractivity contribution in [3.63, 3.8) is 0 Å². The topological polar surface area (TPSA) is 81.6 Å². The maximum absolute atomic E-state index is 12.4. The van der Waals surface area contributed by atoms with E-state index in [1.165, 1.54) is 12.5 Å². The van der Waals surface area contributed by atoms with E-state index in [4.69, 9.17) is 28.4 Å². The summed E-state index contributed by atoms with van der Waals surface area (Å²) in [7, 11) is 0. The first kappa shape index (κ1) is 21.4. The number of benzene rings is 2. The fourth-order valence-electron chi connectivity index (χ4n) is 2.98. The third-order valence-corrected chi connectivity index (χ3v) is 5.59. The number of phenolic OH excluding ortho intramolecular Hbond substituents is 1. The summed E-state index contributed by atoms with van der Waals surface area (Å²) in [4.78, 5) is 12.4. The lowest BCUT2D eigenvalue weighted by Gasteiger charge is -2.32. The van der Waals surface area contributed by atoms with Crippen LogP contribution in [0, 0.1) is 5.41 Å². The van der Waals surface area contributed by atoms with Gasteiger partial charge in [-0.1, -0.05) is 67.6 Å². The Morgan fingerprint density at radius 3 is 2.19 bits per heavy atom. The molecule has 2 aromatic rings. The van der Waals surface area contributed by atoms with Crippen LogP contribution in [0.25, 0.3) is 0 Å². The highest BCUT2D eigenvalue weighted by atomic mass is 35.5. The highest BCUT2D eigenvalue weighted by Gasteiger charge is 2.34. The predicted molar refractivity (Wildman–Crippen MR) is 110 cm³/mol. The van der Waals surface area contributed by atoms with Crippen LogP contribution < -0.4 is 10.8 Å². The number of hydrogen-bond donors (Lipinski definition) is 4. The summed E-state index contributed by atoms with van der Waals surface area (Å²) in [6.07, 6.45) is 5.13. The number of aromatic hydroxyl groups is 1. The Morgan fingerprint density at radius 1 is 1.00 bits per heavy atom. The van der Waals surface area contributed by atoms with Gasteiger partial charge >= 0.3 is 0 Å². The summed E-state index contributed by atoms with van der Waals surface area (Å²) in [5, 5.41) is 20.8. The van der Waals surface area contributed by atoms with Crippen molar-refractivity contribution >= 4 is 40.5 Å². The molecule has 0 saturated heterocycles. The number of carbonyl (C=O) groups excluding carboxylic acids is 1. The number of para-hydroxylation sites is 1. The molecule has 0 bridgehead atoms. The maximum atomic E-state index is 12.4. The van der Waals surface area contributed by atoms with E-state index in [0.29, 0.717) is 11.4 Å². The minimum Gasteiger partial charge on any atom is -0.506 e. The van der Waals surface area contributed by atoms with Crippen LogP contribution in [-0.4, -0.2) is 16.2 Å². The normalized spacial score (nSPS) is 15.3. The zero-order valence-electron chi connectivity index (χ0n) is 15.1. The van der Waals surface area contributed by atoms with E-state index in [1.54, 1.807) is 18.2 Å². The molecule has 1 aliphatic carbocycles. The van der Waals surface area contributed by atoms with Crippen molar-refractivity contribution in [3.8, 4) is 5.75 Å². The van der Waals surface area contributed by atoms with Gasteiger partial charge in [0.1, 0.15) is 10.8 Å². The fourth-order valence-corrected chi connectivity index (χ4v) is 3.35. The third-order valence-electron chi connectivity index (χ3n) is 4.72. The molecule has 0 atom stereocenters. The van der Waals surface area contributed by atoms with E-state index in [9.17, 15) is 9.90 Å². The van der Waals surface area contributed by atoms with E-state index in [1.807, 2.05) is 30.6 Å². The fraction of sp³-hybridized carbons (Fsp3) is 0.350. The summed E-state index contributed by atoms with van der Waals surface area (Å²) in [6, 6.07) is 12.1. The van der Waals surface area contributed by atoms with Gasteiger partial charge in [0.2, 0.25) is 5.91 Å². The molecule has 0 radical (unpaired) electrons. The maximum Gasteiger partial charge on any atom is 0.230 e. The second kappa shape index (κ2) is 9.83. The minimum atomic E-state index is -0.341. The first-order chi connectivity index (χ1) is 12.9. The molecule has 1 fully saturated rings. The number of halogens is 2. The number of nitrogens with one attached hydrogen (secondary N) is 2. The summed E-state index contributed by atoms with van der Waals surface area (Å²) in [5.41, 5.74) is 2.85. The van der Waals surface area contributed by atoms with Crippen molar-refractivity contribution in [2.24, 2.45) is 5.41 Å². The van der Waals surface area contributed by atoms with Gasteiger partial charge in [-0.2, -0.15) is 0 Å². The lowest BCUT2D eigenvalue weighted by molar-refractivity contribution is -0.126. The van der Waals surface area contributed by atoms with Gasteiger partial charge in [0.05, 0.1) is 16.4 Å². The Bertz CT molecular complexity index is 763. The number of amides is 1. The average Bonchev–Trinajstić information content (AvgIpc) is 2.70. The number of phenols is 1. The predicted octanol–water partition coefficient (Wildman–Crippen LogP) is 6.10. The van der Waals surface area contributed by atoms with Crippen LogP contribution in [0.3, 0.4) is 0 Å². The van der Waals surface area contributed by atoms with Crippen molar-refractivity contribution in [1.82, 2.24) is 0 Å². The van der Waals surface area contributed by atoms with E-state index < -0.39 is 0 Å². The van der Waals surface area contributed by atoms with Crippen LogP contribution >= 0.6 is 23.2 Å². The molecule has 0 aromatic heterocycles. The molecule has 3 rings (SSSR count). The molecule has 4 N–H and O–H groups in total. The Balaban J connectivity index is 0.000000273. The molecule has 0 aliphatic heterocycles. The zero-order valence-corrected chi connectivity index (χ0v) is 16.6. The highest BCUT2D eigenvalue weighted by Crippen LogP contribution is 2.40. The number of anilines is 2. The first-order valence-electron chi connectivity index (χ1n) is 8.81. The van der Waals surface area contributed by atoms with Gasteiger partial charge in [0, 0.05) is 5.41 Å². The second-order valence-electron chi connectivity index (χ2n) is 6.81. The van der Waals surface area contributed by atoms with Gasteiger partial charge in [0.25, 0.3) is 0 Å². The van der Waals surface area contributed by atoms with Crippen LogP contribution in [0.2, 0.25) is 10.0 Å². The minimum absolute atomic E-state index is 0.0316. The molecule has 1 amide bonds. The Morgan fingerprint density at radius 2 is 1.63 bits per heavy atom. The second-order valence-corrected chi connectivity index (χ2v) is 7.57. The lowest BCUT2D eigenvalue weighted by Crippen LogP contribution is -2.35. The van der Waals surface area contributed by atoms with Crippen LogP contribution in [0.5, 0.6) is 5.75 Å². The van der Waals surface area contributed by atoms with E-state index in [2.05, 4.69) is 5.32 Å². The van der Waals surface area contributed by atoms with Crippen LogP contribution in [0.4, 0.5) is 11.4 Å². The zero-order chi connectivity index (χ0) is 19.9. The number of hydrogen-bond acceptors (Lipinski definition) is 4. The monoisotopic (exact) mass is 410 g/mol. The average molecular weight is 411 g/mol. The molecule has 2 aromatic carbocycles. The quantitative estimate of drug-likeness (QED) is 0.364. The molecule has 1 saturated carbocycles. The SMILES string of the molecule is CC1(C(=O)Nc2ccc(O)c(Cl)c2Cl)CCCCC1.ONc1ccccc1. The van der Waals surface area contributed by atoms with Crippen molar-refractivity contribution in [1.29, 1.82) is 0 Å². The lowest BCUT2D eigenvalue weighted by atomic mass is 9.75. The van der Waals surface area contributed by atoms with Crippen LogP contribution in [0.1, 0.15) is 39.0 Å². The Kier molecular flexibility index (Phi) is 7.78. The van der Waals surface area contributed by atoms with Crippen molar-refractivity contribution in [2.45, 2.75) is 39.0 Å². The van der Waals surface area contributed by atoms with E-state index in [0.717, 1.165) is 25.7 Å². The largest absolute Gasteiger partial charge is 0.506 e. The summed E-state index contributed by atoms with van der Waals surface area (Å²) < 4.78 is 0.